The number of fused-ring (bicyclic) bond motifs is 3. The molecule has 0 amide bonds. The van der Waals surface area contributed by atoms with Gasteiger partial charge in [0.15, 0.2) is 0 Å². The topological polar surface area (TPSA) is 50.3 Å². The van der Waals surface area contributed by atoms with E-state index in [4.69, 9.17) is 16.3 Å². The number of aromatic nitrogens is 2. The Bertz CT molecular complexity index is 1470. The van der Waals surface area contributed by atoms with Crippen LogP contribution in [0.3, 0.4) is 0 Å². The van der Waals surface area contributed by atoms with E-state index in [1.165, 1.54) is 0 Å². The molecule has 32 heavy (non-hydrogen) atoms. The zero-order valence-corrected chi connectivity index (χ0v) is 18.3. The third-order valence-corrected chi connectivity index (χ3v) is 6.14. The molecule has 2 heterocycles. The van der Waals surface area contributed by atoms with E-state index in [2.05, 4.69) is 11.1 Å². The van der Waals surface area contributed by atoms with Gasteiger partial charge in [-0.05, 0) is 59.9 Å². The maximum atomic E-state index is 9.85. The SMILES string of the molecule is Cc1c(Cc2ccc(OCc3ccccc3)cc2)c(Cl)c2c(nc3ccccn32)c1C#N. The largest absolute Gasteiger partial charge is 0.489 e. The van der Waals surface area contributed by atoms with Gasteiger partial charge in [0, 0.05) is 6.20 Å². The lowest BCUT2D eigenvalue weighted by molar-refractivity contribution is 0.306. The highest BCUT2D eigenvalue weighted by Gasteiger charge is 2.20. The lowest BCUT2D eigenvalue weighted by Gasteiger charge is -2.13. The molecule has 0 aliphatic heterocycles. The molecule has 156 valence electrons. The Kier molecular flexibility index (Phi) is 5.26. The van der Waals surface area contributed by atoms with Crippen LogP contribution in [-0.2, 0) is 13.0 Å². The number of rotatable bonds is 5. The summed E-state index contributed by atoms with van der Waals surface area (Å²) in [4.78, 5) is 4.65. The van der Waals surface area contributed by atoms with Gasteiger partial charge in [-0.2, -0.15) is 5.26 Å². The van der Waals surface area contributed by atoms with E-state index in [0.29, 0.717) is 29.1 Å². The molecule has 5 rings (SSSR count). The minimum absolute atomic E-state index is 0.529. The van der Waals surface area contributed by atoms with E-state index in [1.54, 1.807) is 0 Å². The number of benzene rings is 3. The van der Waals surface area contributed by atoms with Crippen molar-refractivity contribution in [1.29, 1.82) is 5.26 Å². The van der Waals surface area contributed by atoms with E-state index in [1.807, 2.05) is 90.3 Å². The molecule has 0 aliphatic rings. The van der Waals surface area contributed by atoms with Gasteiger partial charge in [-0.1, -0.05) is 60.1 Å². The van der Waals surface area contributed by atoms with Crippen molar-refractivity contribution in [2.45, 2.75) is 20.0 Å². The van der Waals surface area contributed by atoms with Crippen molar-refractivity contribution in [1.82, 2.24) is 9.38 Å². The summed E-state index contributed by atoms with van der Waals surface area (Å²) < 4.78 is 7.84. The molecule has 0 aliphatic carbocycles. The summed E-state index contributed by atoms with van der Waals surface area (Å²) in [5.41, 5.74) is 6.82. The lowest BCUT2D eigenvalue weighted by Crippen LogP contribution is -2.00. The van der Waals surface area contributed by atoms with E-state index in [-0.39, 0.29) is 0 Å². The van der Waals surface area contributed by atoms with Crippen molar-refractivity contribution in [3.8, 4) is 11.8 Å². The quantitative estimate of drug-likeness (QED) is 0.315. The maximum Gasteiger partial charge on any atom is 0.138 e. The molecule has 0 spiro atoms. The van der Waals surface area contributed by atoms with Crippen molar-refractivity contribution in [2.75, 3.05) is 0 Å². The van der Waals surface area contributed by atoms with Crippen LogP contribution >= 0.6 is 11.6 Å². The molecule has 5 heteroatoms. The Balaban J connectivity index is 1.47. The number of nitriles is 1. The van der Waals surface area contributed by atoms with Crippen LogP contribution in [0.4, 0.5) is 0 Å². The average molecular weight is 438 g/mol. The Labute approximate surface area is 191 Å². The van der Waals surface area contributed by atoms with Gasteiger partial charge < -0.3 is 4.74 Å². The Morgan fingerprint density at radius 2 is 1.72 bits per heavy atom. The fourth-order valence-corrected chi connectivity index (χ4v) is 4.40. The predicted octanol–water partition coefficient (Wildman–Crippen LogP) is 6.49. The molecule has 0 atom stereocenters. The Morgan fingerprint density at radius 3 is 2.47 bits per heavy atom. The van der Waals surface area contributed by atoms with Gasteiger partial charge in [-0.3, -0.25) is 4.40 Å². The fraction of sp³-hybridized carbons (Fsp3) is 0.111. The van der Waals surface area contributed by atoms with Crippen molar-refractivity contribution in [3.63, 3.8) is 0 Å². The summed E-state index contributed by atoms with van der Waals surface area (Å²) in [7, 11) is 0. The van der Waals surface area contributed by atoms with Gasteiger partial charge in [0.2, 0.25) is 0 Å². The second kappa shape index (κ2) is 8.37. The molecule has 0 fully saturated rings. The molecular formula is C27H20ClN3O. The second-order valence-electron chi connectivity index (χ2n) is 7.74. The summed E-state index contributed by atoms with van der Waals surface area (Å²) >= 11 is 6.90. The van der Waals surface area contributed by atoms with Crippen LogP contribution in [0, 0.1) is 18.3 Å². The fourth-order valence-electron chi connectivity index (χ4n) is 4.01. The maximum absolute atomic E-state index is 9.85. The van der Waals surface area contributed by atoms with Gasteiger partial charge >= 0.3 is 0 Å². The summed E-state index contributed by atoms with van der Waals surface area (Å²) in [6.45, 7) is 2.47. The molecule has 0 radical (unpaired) electrons. The van der Waals surface area contributed by atoms with Crippen molar-refractivity contribution < 1.29 is 4.74 Å². The summed E-state index contributed by atoms with van der Waals surface area (Å²) in [6.07, 6.45) is 2.55. The molecule has 0 bridgehead atoms. The van der Waals surface area contributed by atoms with E-state index >= 15 is 0 Å². The minimum Gasteiger partial charge on any atom is -0.489 e. The van der Waals surface area contributed by atoms with E-state index < -0.39 is 0 Å². The standard InChI is InChI=1S/C27H20ClN3O/c1-18-22(15-19-10-12-21(13-11-19)32-17-20-7-3-2-4-8-20)25(28)27-26(23(18)16-29)30-24-9-5-6-14-31(24)27/h2-14H,15,17H2,1H3. The number of hydrogen-bond donors (Lipinski definition) is 0. The number of halogens is 1. The predicted molar refractivity (Wildman–Crippen MR) is 127 cm³/mol. The Morgan fingerprint density at radius 1 is 0.969 bits per heavy atom. The van der Waals surface area contributed by atoms with Gasteiger partial charge in [-0.25, -0.2) is 4.98 Å². The van der Waals surface area contributed by atoms with E-state index in [9.17, 15) is 5.26 Å². The number of pyridine rings is 1. The van der Waals surface area contributed by atoms with Gasteiger partial charge in [-0.15, -0.1) is 0 Å². The molecule has 4 nitrogen and oxygen atoms in total. The normalized spacial score (nSPS) is 11.0. The molecule has 5 aromatic rings. The van der Waals surface area contributed by atoms with Crippen molar-refractivity contribution in [3.05, 3.63) is 112 Å². The lowest BCUT2D eigenvalue weighted by atomic mass is 9.95. The molecule has 0 saturated heterocycles. The van der Waals surface area contributed by atoms with Gasteiger partial charge in [0.1, 0.15) is 29.6 Å². The average Bonchev–Trinajstić information content (AvgIpc) is 3.21. The van der Waals surface area contributed by atoms with E-state index in [0.717, 1.165) is 39.2 Å². The molecule has 0 unspecified atom stereocenters. The molecule has 2 aromatic heterocycles. The number of nitrogens with zero attached hydrogens (tertiary/aromatic N) is 3. The number of ether oxygens (including phenoxy) is 1. The smallest absolute Gasteiger partial charge is 0.138 e. The number of hydrogen-bond acceptors (Lipinski definition) is 3. The van der Waals surface area contributed by atoms with Crippen LogP contribution < -0.4 is 4.74 Å². The monoisotopic (exact) mass is 437 g/mol. The first-order valence-corrected chi connectivity index (χ1v) is 10.8. The van der Waals surface area contributed by atoms with Gasteiger partial charge in [0.25, 0.3) is 0 Å². The first kappa shape index (κ1) is 20.1. The van der Waals surface area contributed by atoms with Crippen LogP contribution in [0.1, 0.15) is 27.8 Å². The third-order valence-electron chi connectivity index (χ3n) is 5.73. The van der Waals surface area contributed by atoms with Crippen LogP contribution in [0.2, 0.25) is 5.02 Å². The van der Waals surface area contributed by atoms with Crippen molar-refractivity contribution in [2.24, 2.45) is 0 Å². The molecular weight excluding hydrogens is 418 g/mol. The zero-order valence-electron chi connectivity index (χ0n) is 17.5. The first-order chi connectivity index (χ1) is 15.7. The van der Waals surface area contributed by atoms with Crippen LogP contribution in [0.5, 0.6) is 5.75 Å². The van der Waals surface area contributed by atoms with Crippen LogP contribution in [-0.4, -0.2) is 9.38 Å². The third kappa shape index (κ3) is 3.57. The summed E-state index contributed by atoms with van der Waals surface area (Å²) in [5, 5.41) is 10.5. The highest BCUT2D eigenvalue weighted by Crippen LogP contribution is 2.35. The minimum atomic E-state index is 0.529. The molecule has 0 N–H and O–H groups in total. The highest BCUT2D eigenvalue weighted by atomic mass is 35.5. The van der Waals surface area contributed by atoms with Crippen LogP contribution in [0.15, 0.2) is 79.0 Å². The zero-order chi connectivity index (χ0) is 22.1. The van der Waals surface area contributed by atoms with Crippen molar-refractivity contribution >= 4 is 28.3 Å². The molecule has 3 aromatic carbocycles. The Hall–Kier alpha value is -3.81. The first-order valence-electron chi connectivity index (χ1n) is 10.4. The number of imidazole rings is 1. The summed E-state index contributed by atoms with van der Waals surface area (Å²) in [5.74, 6) is 0.815. The molecule has 0 saturated carbocycles. The second-order valence-corrected chi connectivity index (χ2v) is 8.12. The van der Waals surface area contributed by atoms with Crippen LogP contribution in [0.25, 0.3) is 16.7 Å². The van der Waals surface area contributed by atoms with Gasteiger partial charge in [0.05, 0.1) is 16.1 Å². The summed E-state index contributed by atoms with van der Waals surface area (Å²) in [6, 6.07) is 26.2. The highest BCUT2D eigenvalue weighted by molar-refractivity contribution is 6.36.